The molecule has 94 valence electrons. The zero-order chi connectivity index (χ0) is 13.3. The van der Waals surface area contributed by atoms with Crippen molar-refractivity contribution < 1.29 is 19.2 Å². The summed E-state index contributed by atoms with van der Waals surface area (Å²) in [7, 11) is 0. The smallest absolute Gasteiger partial charge is 0.325 e. The van der Waals surface area contributed by atoms with E-state index in [0.717, 1.165) is 9.13 Å². The van der Waals surface area contributed by atoms with Crippen molar-refractivity contribution in [3.8, 4) is 0 Å². The minimum atomic E-state index is -0.680. The summed E-state index contributed by atoms with van der Waals surface area (Å²) in [5.74, 6) is -1.63. The van der Waals surface area contributed by atoms with Crippen LogP contribution in [0.4, 0.5) is 0 Å². The standard InChI is InChI=1S/C12H10INO4/c1-7-3-2-4-8(13)11(7)12(17)18-14-9(15)5-6-10(14)16/h2-4H,5-6H2,1H3. The number of amides is 2. The number of rotatable bonds is 2. The van der Waals surface area contributed by atoms with Gasteiger partial charge in [0.25, 0.3) is 11.8 Å². The highest BCUT2D eigenvalue weighted by Gasteiger charge is 2.33. The summed E-state index contributed by atoms with van der Waals surface area (Å²) in [6.07, 6.45) is 0.188. The molecule has 1 saturated heterocycles. The van der Waals surface area contributed by atoms with Crippen molar-refractivity contribution in [2.45, 2.75) is 19.8 Å². The van der Waals surface area contributed by atoms with Gasteiger partial charge in [-0.05, 0) is 41.1 Å². The Morgan fingerprint density at radius 1 is 1.28 bits per heavy atom. The predicted octanol–water partition coefficient (Wildman–Crippen LogP) is 1.82. The molecule has 18 heavy (non-hydrogen) atoms. The van der Waals surface area contributed by atoms with Crippen LogP contribution in [0.1, 0.15) is 28.8 Å². The van der Waals surface area contributed by atoms with Gasteiger partial charge in [-0.15, -0.1) is 5.06 Å². The summed E-state index contributed by atoms with van der Waals surface area (Å²) in [5.41, 5.74) is 1.12. The molecule has 2 rings (SSSR count). The highest BCUT2D eigenvalue weighted by Crippen LogP contribution is 2.20. The van der Waals surface area contributed by atoms with Crippen LogP contribution >= 0.6 is 22.6 Å². The summed E-state index contributed by atoms with van der Waals surface area (Å²) in [6, 6.07) is 5.35. The molecule has 2 amide bonds. The second-order valence-corrected chi connectivity index (χ2v) is 5.05. The van der Waals surface area contributed by atoms with Crippen LogP contribution in [0.25, 0.3) is 0 Å². The molecule has 1 aromatic rings. The number of carbonyl (C=O) groups excluding carboxylic acids is 3. The first-order valence-corrected chi connectivity index (χ1v) is 6.42. The van der Waals surface area contributed by atoms with Crippen LogP contribution < -0.4 is 0 Å². The first kappa shape index (κ1) is 13.0. The Bertz CT molecular complexity index is 505. The average molecular weight is 359 g/mol. The number of nitrogens with zero attached hydrogens (tertiary/aromatic N) is 1. The molecule has 0 N–H and O–H groups in total. The van der Waals surface area contributed by atoms with E-state index in [4.69, 9.17) is 4.84 Å². The van der Waals surface area contributed by atoms with Gasteiger partial charge in [-0.2, -0.15) is 0 Å². The number of benzene rings is 1. The van der Waals surface area contributed by atoms with Crippen molar-refractivity contribution in [3.63, 3.8) is 0 Å². The fourth-order valence-electron chi connectivity index (χ4n) is 1.68. The van der Waals surface area contributed by atoms with Gasteiger partial charge in [0.05, 0.1) is 5.56 Å². The monoisotopic (exact) mass is 359 g/mol. The topological polar surface area (TPSA) is 63.7 Å². The Kier molecular flexibility index (Phi) is 3.65. The van der Waals surface area contributed by atoms with Crippen LogP contribution in [0.3, 0.4) is 0 Å². The molecule has 0 aromatic heterocycles. The van der Waals surface area contributed by atoms with Crippen LogP contribution in [0, 0.1) is 10.5 Å². The van der Waals surface area contributed by atoms with E-state index >= 15 is 0 Å². The molecule has 0 aliphatic carbocycles. The number of imide groups is 1. The maximum absolute atomic E-state index is 12.0. The molecule has 5 nitrogen and oxygen atoms in total. The van der Waals surface area contributed by atoms with Crippen molar-refractivity contribution >= 4 is 40.4 Å². The molecule has 1 aromatic carbocycles. The lowest BCUT2D eigenvalue weighted by Gasteiger charge is -2.14. The quantitative estimate of drug-likeness (QED) is 0.597. The Balaban J connectivity index is 2.23. The van der Waals surface area contributed by atoms with Gasteiger partial charge >= 0.3 is 5.97 Å². The fraction of sp³-hybridized carbons (Fsp3) is 0.250. The molecule has 1 heterocycles. The summed E-state index contributed by atoms with van der Waals surface area (Å²) in [5, 5.41) is 0.560. The van der Waals surface area contributed by atoms with E-state index < -0.39 is 17.8 Å². The zero-order valence-corrected chi connectivity index (χ0v) is 11.8. The Morgan fingerprint density at radius 2 is 1.89 bits per heavy atom. The van der Waals surface area contributed by atoms with Gasteiger partial charge in [0.1, 0.15) is 0 Å². The molecule has 0 atom stereocenters. The third-order valence-electron chi connectivity index (χ3n) is 2.61. The van der Waals surface area contributed by atoms with Crippen LogP contribution in [0.5, 0.6) is 0 Å². The van der Waals surface area contributed by atoms with Gasteiger partial charge < -0.3 is 4.84 Å². The molecule has 6 heteroatoms. The second-order valence-electron chi connectivity index (χ2n) is 3.89. The second kappa shape index (κ2) is 5.05. The van der Waals surface area contributed by atoms with E-state index in [1.165, 1.54) is 0 Å². The van der Waals surface area contributed by atoms with Gasteiger partial charge in [-0.1, -0.05) is 12.1 Å². The summed E-state index contributed by atoms with van der Waals surface area (Å²) >= 11 is 2.01. The summed E-state index contributed by atoms with van der Waals surface area (Å²) in [6.45, 7) is 1.77. The molecular formula is C12H10INO4. The van der Waals surface area contributed by atoms with E-state index in [9.17, 15) is 14.4 Å². The molecule has 0 saturated carbocycles. The first-order valence-electron chi connectivity index (χ1n) is 5.34. The summed E-state index contributed by atoms with van der Waals surface area (Å²) < 4.78 is 0.719. The van der Waals surface area contributed by atoms with Gasteiger partial charge in [-0.3, -0.25) is 9.59 Å². The maximum atomic E-state index is 12.0. The van der Waals surface area contributed by atoms with Crippen molar-refractivity contribution in [1.82, 2.24) is 5.06 Å². The predicted molar refractivity (Wildman–Crippen MR) is 70.4 cm³/mol. The zero-order valence-electron chi connectivity index (χ0n) is 9.60. The minimum Gasteiger partial charge on any atom is -0.325 e. The molecule has 0 spiro atoms. The maximum Gasteiger partial charge on any atom is 0.365 e. The van der Waals surface area contributed by atoms with Gasteiger partial charge in [-0.25, -0.2) is 4.79 Å². The number of hydroxylamine groups is 2. The van der Waals surface area contributed by atoms with Crippen LogP contribution in [0.15, 0.2) is 18.2 Å². The van der Waals surface area contributed by atoms with Crippen molar-refractivity contribution in [2.75, 3.05) is 0 Å². The van der Waals surface area contributed by atoms with Crippen molar-refractivity contribution in [3.05, 3.63) is 32.9 Å². The third-order valence-corrected chi connectivity index (χ3v) is 3.50. The third kappa shape index (κ3) is 2.38. The van der Waals surface area contributed by atoms with Crippen LogP contribution in [-0.2, 0) is 14.4 Å². The fourth-order valence-corrected chi connectivity index (χ4v) is 2.53. The van der Waals surface area contributed by atoms with E-state index in [2.05, 4.69) is 0 Å². The molecular weight excluding hydrogens is 349 g/mol. The largest absolute Gasteiger partial charge is 0.365 e. The molecule has 1 aliphatic heterocycles. The van der Waals surface area contributed by atoms with E-state index in [1.54, 1.807) is 19.1 Å². The molecule has 1 fully saturated rings. The van der Waals surface area contributed by atoms with E-state index in [-0.39, 0.29) is 12.8 Å². The van der Waals surface area contributed by atoms with Gasteiger partial charge in [0.2, 0.25) is 0 Å². The normalized spacial score (nSPS) is 15.1. The summed E-state index contributed by atoms with van der Waals surface area (Å²) in [4.78, 5) is 39.5. The van der Waals surface area contributed by atoms with E-state index in [1.807, 2.05) is 28.7 Å². The molecule has 0 radical (unpaired) electrons. The Labute approximate surface area is 117 Å². The van der Waals surface area contributed by atoms with Crippen molar-refractivity contribution in [1.29, 1.82) is 0 Å². The highest BCUT2D eigenvalue weighted by atomic mass is 127. The number of halogens is 1. The lowest BCUT2D eigenvalue weighted by atomic mass is 10.1. The number of hydrogen-bond donors (Lipinski definition) is 0. The highest BCUT2D eigenvalue weighted by molar-refractivity contribution is 14.1. The molecule has 0 unspecified atom stereocenters. The van der Waals surface area contributed by atoms with E-state index in [0.29, 0.717) is 10.6 Å². The van der Waals surface area contributed by atoms with Crippen LogP contribution in [-0.4, -0.2) is 22.8 Å². The Hall–Kier alpha value is -1.44. The molecule has 1 aliphatic rings. The lowest BCUT2D eigenvalue weighted by molar-refractivity contribution is -0.172. The number of carbonyl (C=O) groups is 3. The van der Waals surface area contributed by atoms with Gasteiger partial charge in [0, 0.05) is 16.4 Å². The average Bonchev–Trinajstić information content (AvgIpc) is 2.60. The molecule has 0 bridgehead atoms. The lowest BCUT2D eigenvalue weighted by Crippen LogP contribution is -2.32. The van der Waals surface area contributed by atoms with Gasteiger partial charge in [0.15, 0.2) is 0 Å². The number of aryl methyl sites for hydroxylation is 1. The van der Waals surface area contributed by atoms with Crippen molar-refractivity contribution in [2.24, 2.45) is 0 Å². The van der Waals surface area contributed by atoms with Crippen LogP contribution in [0.2, 0.25) is 0 Å². The Morgan fingerprint density at radius 3 is 2.44 bits per heavy atom. The number of hydrogen-bond acceptors (Lipinski definition) is 4. The SMILES string of the molecule is Cc1cccc(I)c1C(=O)ON1C(=O)CCC1=O. The first-order chi connectivity index (χ1) is 8.50. The minimum absolute atomic E-state index is 0.0942.